The number of sulfonamides is 1. The van der Waals surface area contributed by atoms with Gasteiger partial charge in [0.05, 0.1) is 12.5 Å². The van der Waals surface area contributed by atoms with E-state index in [2.05, 4.69) is 5.14 Å². The van der Waals surface area contributed by atoms with E-state index in [4.69, 9.17) is 4.74 Å². The fourth-order valence-electron chi connectivity index (χ4n) is 1.81. The van der Waals surface area contributed by atoms with Crippen LogP contribution in [-0.2, 0) is 19.6 Å². The number of nitrogens with two attached hydrogens (primary N) is 1. The summed E-state index contributed by atoms with van der Waals surface area (Å²) in [5, 5.41) is 4.69. The lowest BCUT2D eigenvalue weighted by atomic mass is 9.97. The molecule has 1 saturated heterocycles. The number of carbonyl (C=O) groups excluding carboxylic acids is 1. The van der Waals surface area contributed by atoms with E-state index in [1.807, 2.05) is 0 Å². The molecule has 1 aromatic carbocycles. The van der Waals surface area contributed by atoms with Crippen LogP contribution in [0.4, 0.5) is 8.78 Å². The molecular weight excluding hydrogens is 268 g/mol. The van der Waals surface area contributed by atoms with Crippen molar-refractivity contribution in [2.45, 2.75) is 10.8 Å². The van der Waals surface area contributed by atoms with Crippen molar-refractivity contribution in [1.82, 2.24) is 0 Å². The van der Waals surface area contributed by atoms with Crippen LogP contribution in [0.15, 0.2) is 17.0 Å². The Morgan fingerprint density at radius 2 is 1.83 bits per heavy atom. The topological polar surface area (TPSA) is 86.5 Å². The molecule has 1 heterocycles. The largest absolute Gasteiger partial charge is 0.373 e. The Morgan fingerprint density at radius 1 is 1.28 bits per heavy atom. The maximum atomic E-state index is 13.5. The molecule has 18 heavy (non-hydrogen) atoms. The van der Waals surface area contributed by atoms with Gasteiger partial charge >= 0.3 is 0 Å². The predicted octanol–water partition coefficient (Wildman–Crippen LogP) is 0.295. The normalized spacial score (nSPS) is 20.4. The van der Waals surface area contributed by atoms with E-state index in [0.29, 0.717) is 0 Å². The lowest BCUT2D eigenvalue weighted by Crippen LogP contribution is -2.18. The molecule has 0 aliphatic carbocycles. The summed E-state index contributed by atoms with van der Waals surface area (Å²) in [5.41, 5.74) is 0.0416. The molecule has 1 aromatic rings. The zero-order valence-electron chi connectivity index (χ0n) is 9.02. The number of Topliss-reactive ketones (excluding diaryl/α,β-unsaturated/α-hetero) is 1. The van der Waals surface area contributed by atoms with Gasteiger partial charge in [0.1, 0.15) is 18.2 Å². The van der Waals surface area contributed by atoms with Crippen molar-refractivity contribution < 1.29 is 26.7 Å². The summed E-state index contributed by atoms with van der Waals surface area (Å²) in [7, 11) is -4.48. The Hall–Kier alpha value is -1.38. The molecule has 1 aliphatic heterocycles. The highest BCUT2D eigenvalue weighted by Gasteiger charge is 2.30. The number of primary sulfonamides is 1. The third kappa shape index (κ3) is 2.26. The number of ether oxygens (including phenoxy) is 1. The highest BCUT2D eigenvalue weighted by Crippen LogP contribution is 2.27. The van der Waals surface area contributed by atoms with E-state index in [9.17, 15) is 22.0 Å². The second-order valence-corrected chi connectivity index (χ2v) is 5.39. The standard InChI is InChI=1S/C10H9F2NO4S/c11-7-1-5(6-3-17-4-9(6)14)2-8(12)10(7)18(13,15)16/h1-2,6H,3-4H2,(H2,13,15,16). The van der Waals surface area contributed by atoms with Gasteiger partial charge in [0, 0.05) is 0 Å². The molecule has 0 bridgehead atoms. The number of benzene rings is 1. The highest BCUT2D eigenvalue weighted by atomic mass is 32.2. The van der Waals surface area contributed by atoms with Gasteiger partial charge in [0.2, 0.25) is 10.0 Å². The average Bonchev–Trinajstić information content (AvgIpc) is 2.60. The quantitative estimate of drug-likeness (QED) is 0.842. The summed E-state index contributed by atoms with van der Waals surface area (Å²) in [5.74, 6) is -3.71. The first-order valence-electron chi connectivity index (χ1n) is 4.93. The first-order chi connectivity index (χ1) is 8.30. The zero-order valence-corrected chi connectivity index (χ0v) is 9.84. The highest BCUT2D eigenvalue weighted by molar-refractivity contribution is 7.89. The molecule has 2 N–H and O–H groups in total. The molecule has 0 spiro atoms. The van der Waals surface area contributed by atoms with E-state index in [1.54, 1.807) is 0 Å². The molecule has 1 unspecified atom stereocenters. The van der Waals surface area contributed by atoms with Gasteiger partial charge < -0.3 is 4.74 Å². The summed E-state index contributed by atoms with van der Waals surface area (Å²) in [6, 6.07) is 1.58. The van der Waals surface area contributed by atoms with Crippen LogP contribution < -0.4 is 5.14 Å². The van der Waals surface area contributed by atoms with Crippen LogP contribution in [0.2, 0.25) is 0 Å². The third-order valence-corrected chi connectivity index (χ3v) is 3.58. The van der Waals surface area contributed by atoms with Gasteiger partial charge in [-0.2, -0.15) is 0 Å². The Balaban J connectivity index is 2.52. The number of carbonyl (C=O) groups is 1. The maximum absolute atomic E-state index is 13.5. The third-order valence-electron chi connectivity index (χ3n) is 2.62. The number of hydrogen-bond donors (Lipinski definition) is 1. The van der Waals surface area contributed by atoms with Crippen LogP contribution in [0.25, 0.3) is 0 Å². The lowest BCUT2D eigenvalue weighted by Gasteiger charge is -2.09. The minimum Gasteiger partial charge on any atom is -0.373 e. The van der Waals surface area contributed by atoms with Crippen LogP contribution in [0, 0.1) is 11.6 Å². The van der Waals surface area contributed by atoms with Crippen LogP contribution in [-0.4, -0.2) is 27.4 Å². The molecule has 0 aromatic heterocycles. The van der Waals surface area contributed by atoms with Crippen molar-refractivity contribution in [1.29, 1.82) is 0 Å². The average molecular weight is 277 g/mol. The molecule has 0 saturated carbocycles. The Morgan fingerprint density at radius 3 is 2.22 bits per heavy atom. The van der Waals surface area contributed by atoms with E-state index in [1.165, 1.54) is 0 Å². The Labute approximate surface area is 102 Å². The second-order valence-electron chi connectivity index (χ2n) is 3.89. The first kappa shape index (κ1) is 13.1. The fraction of sp³-hybridized carbons (Fsp3) is 0.300. The smallest absolute Gasteiger partial charge is 0.243 e. The van der Waals surface area contributed by atoms with Crippen LogP contribution in [0.1, 0.15) is 11.5 Å². The molecule has 8 heteroatoms. The van der Waals surface area contributed by atoms with Gasteiger partial charge in [-0.05, 0) is 17.7 Å². The predicted molar refractivity (Wildman–Crippen MR) is 56.3 cm³/mol. The Kier molecular flexibility index (Phi) is 3.18. The van der Waals surface area contributed by atoms with Gasteiger partial charge in [-0.15, -0.1) is 0 Å². The van der Waals surface area contributed by atoms with Crippen LogP contribution in [0.5, 0.6) is 0 Å². The van der Waals surface area contributed by atoms with Crippen molar-refractivity contribution in [3.63, 3.8) is 0 Å². The molecule has 2 rings (SSSR count). The summed E-state index contributed by atoms with van der Waals surface area (Å²) >= 11 is 0. The summed E-state index contributed by atoms with van der Waals surface area (Å²) in [4.78, 5) is 10.2. The fourth-order valence-corrected chi connectivity index (χ4v) is 2.47. The molecule has 5 nitrogen and oxygen atoms in total. The Bertz CT molecular complexity index is 591. The van der Waals surface area contributed by atoms with Gasteiger partial charge in [-0.1, -0.05) is 0 Å². The van der Waals surface area contributed by atoms with E-state index in [0.717, 1.165) is 12.1 Å². The summed E-state index contributed by atoms with van der Waals surface area (Å²) in [6.07, 6.45) is 0. The zero-order chi connectivity index (χ0) is 13.5. The van der Waals surface area contributed by atoms with Gasteiger partial charge in [0.25, 0.3) is 0 Å². The van der Waals surface area contributed by atoms with Crippen molar-refractivity contribution in [2.24, 2.45) is 5.14 Å². The van der Waals surface area contributed by atoms with Crippen molar-refractivity contribution in [3.05, 3.63) is 29.3 Å². The number of rotatable bonds is 2. The number of ketones is 1. The molecule has 98 valence electrons. The monoisotopic (exact) mass is 277 g/mol. The number of hydrogen-bond acceptors (Lipinski definition) is 4. The number of halogens is 2. The summed E-state index contributed by atoms with van der Waals surface area (Å²) < 4.78 is 53.9. The van der Waals surface area contributed by atoms with E-state index < -0.39 is 32.5 Å². The minimum atomic E-state index is -4.48. The molecular formula is C10H9F2NO4S. The van der Waals surface area contributed by atoms with E-state index in [-0.39, 0.29) is 24.6 Å². The van der Waals surface area contributed by atoms with Gasteiger partial charge in [-0.25, -0.2) is 22.3 Å². The summed E-state index contributed by atoms with van der Waals surface area (Å²) in [6.45, 7) is -0.0999. The van der Waals surface area contributed by atoms with E-state index >= 15 is 0 Å². The van der Waals surface area contributed by atoms with Crippen LogP contribution in [0.3, 0.4) is 0 Å². The minimum absolute atomic E-state index is 0.0203. The van der Waals surface area contributed by atoms with Crippen molar-refractivity contribution >= 4 is 15.8 Å². The van der Waals surface area contributed by atoms with Gasteiger partial charge in [0.15, 0.2) is 10.7 Å². The van der Waals surface area contributed by atoms with Crippen molar-refractivity contribution in [3.8, 4) is 0 Å². The maximum Gasteiger partial charge on any atom is 0.243 e. The molecule has 1 fully saturated rings. The van der Waals surface area contributed by atoms with Crippen molar-refractivity contribution in [2.75, 3.05) is 13.2 Å². The van der Waals surface area contributed by atoms with Gasteiger partial charge in [-0.3, -0.25) is 4.79 Å². The second kappa shape index (κ2) is 4.38. The van der Waals surface area contributed by atoms with Crippen LogP contribution >= 0.6 is 0 Å². The lowest BCUT2D eigenvalue weighted by molar-refractivity contribution is -0.118. The molecule has 0 radical (unpaired) electrons. The molecule has 0 amide bonds. The first-order valence-corrected chi connectivity index (χ1v) is 6.47. The molecule has 1 atom stereocenters. The molecule has 1 aliphatic rings. The SMILES string of the molecule is NS(=O)(=O)c1c(F)cc(C2COCC2=O)cc1F.